The number of rotatable bonds is 7. The second-order valence-electron chi connectivity index (χ2n) is 6.34. The number of ether oxygens (including phenoxy) is 1. The average molecular weight is 374 g/mol. The molecule has 2 aromatic rings. The van der Waals surface area contributed by atoms with Crippen LogP contribution < -0.4 is 10.1 Å². The lowest BCUT2D eigenvalue weighted by Gasteiger charge is -2.23. The van der Waals surface area contributed by atoms with Crippen molar-refractivity contribution in [2.75, 3.05) is 7.05 Å². The third-order valence-corrected chi connectivity index (χ3v) is 4.37. The molecule has 5 nitrogen and oxygen atoms in total. The number of benzene rings is 2. The summed E-state index contributed by atoms with van der Waals surface area (Å²) in [5.74, 6) is -0.302. The van der Waals surface area contributed by atoms with Gasteiger partial charge in [-0.3, -0.25) is 9.59 Å². The van der Waals surface area contributed by atoms with Gasteiger partial charge in [-0.25, -0.2) is 0 Å². The van der Waals surface area contributed by atoms with Crippen LogP contribution in [0.3, 0.4) is 0 Å². The molecule has 0 aliphatic heterocycles. The molecule has 0 atom stereocenters. The van der Waals surface area contributed by atoms with Crippen LogP contribution in [0.25, 0.3) is 0 Å². The van der Waals surface area contributed by atoms with Gasteiger partial charge in [-0.15, -0.1) is 0 Å². The number of amides is 2. The lowest BCUT2D eigenvalue weighted by Crippen LogP contribution is -2.32. The van der Waals surface area contributed by atoms with Crippen LogP contribution in [0.5, 0.6) is 5.75 Å². The maximum absolute atomic E-state index is 12.9. The number of alkyl halides is 2. The van der Waals surface area contributed by atoms with Gasteiger partial charge in [-0.2, -0.15) is 8.78 Å². The molecule has 1 aliphatic rings. The minimum Gasteiger partial charge on any atom is -0.435 e. The number of halogens is 2. The van der Waals surface area contributed by atoms with E-state index >= 15 is 0 Å². The van der Waals surface area contributed by atoms with Crippen LogP contribution >= 0.6 is 0 Å². The molecule has 0 spiro atoms. The Morgan fingerprint density at radius 2 is 1.67 bits per heavy atom. The quantitative estimate of drug-likeness (QED) is 0.808. The molecule has 3 rings (SSSR count). The number of hydrogen-bond donors (Lipinski definition) is 1. The largest absolute Gasteiger partial charge is 0.435 e. The van der Waals surface area contributed by atoms with Crippen molar-refractivity contribution in [2.24, 2.45) is 0 Å². The van der Waals surface area contributed by atoms with Gasteiger partial charge in [0, 0.05) is 30.8 Å². The first-order chi connectivity index (χ1) is 13.0. The van der Waals surface area contributed by atoms with Crippen molar-refractivity contribution in [3.05, 3.63) is 65.2 Å². The van der Waals surface area contributed by atoms with E-state index in [1.54, 1.807) is 24.1 Å². The Morgan fingerprint density at radius 3 is 2.19 bits per heavy atom. The minimum absolute atomic E-state index is 0.0179. The van der Waals surface area contributed by atoms with Gasteiger partial charge >= 0.3 is 6.61 Å². The third-order valence-electron chi connectivity index (χ3n) is 4.37. The number of carbonyl (C=O) groups excluding carboxylic acids is 2. The normalized spacial score (nSPS) is 13.3. The zero-order chi connectivity index (χ0) is 19.4. The van der Waals surface area contributed by atoms with Gasteiger partial charge in [0.15, 0.2) is 0 Å². The van der Waals surface area contributed by atoms with E-state index in [9.17, 15) is 18.4 Å². The zero-order valence-corrected chi connectivity index (χ0v) is 14.8. The molecule has 0 aromatic heterocycles. The topological polar surface area (TPSA) is 58.6 Å². The molecule has 142 valence electrons. The second-order valence-corrected chi connectivity index (χ2v) is 6.34. The fourth-order valence-corrected chi connectivity index (χ4v) is 2.80. The molecule has 2 aromatic carbocycles. The van der Waals surface area contributed by atoms with E-state index < -0.39 is 6.61 Å². The van der Waals surface area contributed by atoms with Crippen LogP contribution in [-0.4, -0.2) is 36.4 Å². The summed E-state index contributed by atoms with van der Waals surface area (Å²) in [4.78, 5) is 26.3. The standard InChI is InChI=1S/C20H20F2N2O3/c1-23-18(25)14-4-2-13(3-5-14)12-24(16-8-9-16)19(26)15-6-10-17(11-7-15)27-20(21)22/h2-7,10-11,16,20H,8-9,12H2,1H3,(H,23,25). The molecule has 0 saturated heterocycles. The Hall–Kier alpha value is -2.96. The van der Waals surface area contributed by atoms with Crippen LogP contribution in [0.15, 0.2) is 48.5 Å². The summed E-state index contributed by atoms with van der Waals surface area (Å²) in [6.45, 7) is -2.47. The van der Waals surface area contributed by atoms with E-state index in [0.29, 0.717) is 17.7 Å². The summed E-state index contributed by atoms with van der Waals surface area (Å²) >= 11 is 0. The smallest absolute Gasteiger partial charge is 0.387 e. The average Bonchev–Trinajstić information content (AvgIpc) is 3.50. The lowest BCUT2D eigenvalue weighted by molar-refractivity contribution is -0.0498. The van der Waals surface area contributed by atoms with Crippen molar-refractivity contribution in [1.29, 1.82) is 0 Å². The van der Waals surface area contributed by atoms with Crippen molar-refractivity contribution in [3.63, 3.8) is 0 Å². The van der Waals surface area contributed by atoms with E-state index in [1.165, 1.54) is 24.3 Å². The highest BCUT2D eigenvalue weighted by Crippen LogP contribution is 2.30. The van der Waals surface area contributed by atoms with Crippen molar-refractivity contribution < 1.29 is 23.1 Å². The summed E-state index contributed by atoms with van der Waals surface area (Å²) in [6, 6.07) is 13.0. The molecule has 0 radical (unpaired) electrons. The molecule has 0 heterocycles. The van der Waals surface area contributed by atoms with Crippen LogP contribution in [0.1, 0.15) is 39.1 Å². The van der Waals surface area contributed by atoms with E-state index in [-0.39, 0.29) is 23.6 Å². The van der Waals surface area contributed by atoms with Crippen LogP contribution in [-0.2, 0) is 6.54 Å². The Balaban J connectivity index is 1.71. The van der Waals surface area contributed by atoms with E-state index in [2.05, 4.69) is 10.1 Å². The van der Waals surface area contributed by atoms with Crippen molar-refractivity contribution in [1.82, 2.24) is 10.2 Å². The molecule has 2 amide bonds. The fraction of sp³-hybridized carbons (Fsp3) is 0.300. The third kappa shape index (κ3) is 4.81. The first-order valence-corrected chi connectivity index (χ1v) is 8.65. The summed E-state index contributed by atoms with van der Waals surface area (Å²) in [5, 5.41) is 2.57. The SMILES string of the molecule is CNC(=O)c1ccc(CN(C(=O)c2ccc(OC(F)F)cc2)C2CC2)cc1. The van der Waals surface area contributed by atoms with Gasteiger partial charge in [0.2, 0.25) is 0 Å². The second kappa shape index (κ2) is 8.16. The first kappa shape index (κ1) is 18.8. The van der Waals surface area contributed by atoms with Gasteiger partial charge < -0.3 is 15.0 Å². The predicted octanol–water partition coefficient (Wildman–Crippen LogP) is 3.45. The molecule has 1 saturated carbocycles. The Labute approximate surface area is 155 Å². The summed E-state index contributed by atoms with van der Waals surface area (Å²) in [5.41, 5.74) is 1.89. The minimum atomic E-state index is -2.90. The molecular formula is C20H20F2N2O3. The molecule has 0 unspecified atom stereocenters. The van der Waals surface area contributed by atoms with Crippen LogP contribution in [0.4, 0.5) is 8.78 Å². The highest BCUT2D eigenvalue weighted by atomic mass is 19.3. The van der Waals surface area contributed by atoms with Gasteiger partial charge in [-0.1, -0.05) is 12.1 Å². The van der Waals surface area contributed by atoms with Crippen molar-refractivity contribution in [2.45, 2.75) is 32.0 Å². The Morgan fingerprint density at radius 1 is 1.07 bits per heavy atom. The van der Waals surface area contributed by atoms with E-state index in [4.69, 9.17) is 0 Å². The molecule has 27 heavy (non-hydrogen) atoms. The summed E-state index contributed by atoms with van der Waals surface area (Å²) < 4.78 is 28.8. The summed E-state index contributed by atoms with van der Waals surface area (Å²) in [7, 11) is 1.57. The number of nitrogens with one attached hydrogen (secondary N) is 1. The highest BCUT2D eigenvalue weighted by molar-refractivity contribution is 5.95. The molecular weight excluding hydrogens is 354 g/mol. The van der Waals surface area contributed by atoms with Crippen molar-refractivity contribution in [3.8, 4) is 5.75 Å². The zero-order valence-electron chi connectivity index (χ0n) is 14.8. The highest BCUT2D eigenvalue weighted by Gasteiger charge is 2.33. The maximum Gasteiger partial charge on any atom is 0.387 e. The fourth-order valence-electron chi connectivity index (χ4n) is 2.80. The number of hydrogen-bond acceptors (Lipinski definition) is 3. The van der Waals surface area contributed by atoms with Gasteiger partial charge in [0.05, 0.1) is 0 Å². The number of nitrogens with zero attached hydrogens (tertiary/aromatic N) is 1. The van der Waals surface area contributed by atoms with E-state index in [1.807, 2.05) is 12.1 Å². The first-order valence-electron chi connectivity index (χ1n) is 8.65. The van der Waals surface area contributed by atoms with Crippen LogP contribution in [0, 0.1) is 0 Å². The molecule has 7 heteroatoms. The van der Waals surface area contributed by atoms with Crippen LogP contribution in [0.2, 0.25) is 0 Å². The van der Waals surface area contributed by atoms with Gasteiger partial charge in [-0.05, 0) is 54.8 Å². The number of carbonyl (C=O) groups is 2. The molecule has 0 bridgehead atoms. The Kier molecular flexibility index (Phi) is 5.69. The Bertz CT molecular complexity index is 803. The molecule has 1 N–H and O–H groups in total. The monoisotopic (exact) mass is 374 g/mol. The van der Waals surface area contributed by atoms with Crippen molar-refractivity contribution >= 4 is 11.8 Å². The van der Waals surface area contributed by atoms with E-state index in [0.717, 1.165) is 18.4 Å². The maximum atomic E-state index is 12.9. The molecule has 1 aliphatic carbocycles. The molecule has 1 fully saturated rings. The predicted molar refractivity (Wildman–Crippen MR) is 95.8 cm³/mol. The van der Waals surface area contributed by atoms with Gasteiger partial charge in [0.1, 0.15) is 5.75 Å². The lowest BCUT2D eigenvalue weighted by atomic mass is 10.1. The van der Waals surface area contributed by atoms with Gasteiger partial charge in [0.25, 0.3) is 11.8 Å². The summed E-state index contributed by atoms with van der Waals surface area (Å²) in [6.07, 6.45) is 1.88.